The number of halogens is 1. The summed E-state index contributed by atoms with van der Waals surface area (Å²) in [5.74, 6) is -0.829. The van der Waals surface area contributed by atoms with Gasteiger partial charge in [-0.2, -0.15) is 4.99 Å². The van der Waals surface area contributed by atoms with Crippen molar-refractivity contribution in [3.63, 3.8) is 0 Å². The molecular formula is C11H12FN3O. The third kappa shape index (κ3) is 2.18. The topological polar surface area (TPSA) is 81.5 Å². The van der Waals surface area contributed by atoms with Gasteiger partial charge in [-0.25, -0.2) is 4.39 Å². The first-order valence-corrected chi connectivity index (χ1v) is 4.97. The smallest absolute Gasteiger partial charge is 0.252 e. The third-order valence-corrected chi connectivity index (χ3v) is 2.65. The second-order valence-electron chi connectivity index (χ2n) is 3.88. The second-order valence-corrected chi connectivity index (χ2v) is 3.88. The van der Waals surface area contributed by atoms with Crippen LogP contribution in [0.4, 0.5) is 4.39 Å². The molecule has 0 aromatic heterocycles. The first-order chi connectivity index (χ1) is 7.58. The van der Waals surface area contributed by atoms with Crippen molar-refractivity contribution in [1.82, 2.24) is 0 Å². The minimum Gasteiger partial charge on any atom is -0.370 e. The molecule has 84 valence electrons. The standard InChI is InChI=1S/C11H12FN3O/c12-7-3-1-6(2-4-7)8-5-9(8)10(16)15-11(13)14/h1-4,8-9H,5H2,(H4,13,14,15,16)/t8-,9+/m1/s1. The Kier molecular flexibility index (Phi) is 2.60. The van der Waals surface area contributed by atoms with E-state index >= 15 is 0 Å². The normalized spacial score (nSPS) is 22.6. The molecular weight excluding hydrogens is 209 g/mol. The van der Waals surface area contributed by atoms with Crippen molar-refractivity contribution < 1.29 is 9.18 Å². The molecule has 1 fully saturated rings. The Morgan fingerprint density at radius 3 is 2.50 bits per heavy atom. The minimum atomic E-state index is -0.297. The number of hydrogen-bond acceptors (Lipinski definition) is 1. The van der Waals surface area contributed by atoms with Gasteiger partial charge in [0.1, 0.15) is 5.82 Å². The number of benzene rings is 1. The number of carbonyl (C=O) groups is 1. The number of nitrogens with two attached hydrogens (primary N) is 2. The third-order valence-electron chi connectivity index (χ3n) is 2.65. The van der Waals surface area contributed by atoms with Crippen molar-refractivity contribution in [1.29, 1.82) is 0 Å². The molecule has 0 bridgehead atoms. The monoisotopic (exact) mass is 221 g/mol. The maximum Gasteiger partial charge on any atom is 0.252 e. The van der Waals surface area contributed by atoms with Gasteiger partial charge in [-0.3, -0.25) is 4.79 Å². The zero-order valence-corrected chi connectivity index (χ0v) is 8.56. The molecule has 0 spiro atoms. The fourth-order valence-corrected chi connectivity index (χ4v) is 1.76. The average molecular weight is 221 g/mol. The Hall–Kier alpha value is -1.91. The van der Waals surface area contributed by atoms with E-state index in [4.69, 9.17) is 11.5 Å². The molecule has 1 aromatic carbocycles. The van der Waals surface area contributed by atoms with Crippen LogP contribution >= 0.6 is 0 Å². The number of hydrogen-bond donors (Lipinski definition) is 2. The lowest BCUT2D eigenvalue weighted by Crippen LogP contribution is -2.24. The molecule has 16 heavy (non-hydrogen) atoms. The summed E-state index contributed by atoms with van der Waals surface area (Å²) in [7, 11) is 0. The highest BCUT2D eigenvalue weighted by atomic mass is 19.1. The van der Waals surface area contributed by atoms with Gasteiger partial charge in [0, 0.05) is 5.92 Å². The molecule has 2 rings (SSSR count). The van der Waals surface area contributed by atoms with Crippen LogP contribution in [0.1, 0.15) is 17.9 Å². The number of guanidine groups is 1. The van der Waals surface area contributed by atoms with E-state index in [9.17, 15) is 9.18 Å². The minimum absolute atomic E-state index is 0.121. The van der Waals surface area contributed by atoms with Crippen LogP contribution in [0.3, 0.4) is 0 Å². The highest BCUT2D eigenvalue weighted by Gasteiger charge is 2.43. The SMILES string of the molecule is NC(N)=NC(=O)[C@H]1C[C@@H]1c1ccc(F)cc1. The highest BCUT2D eigenvalue weighted by molar-refractivity contribution is 5.94. The average Bonchev–Trinajstić information content (AvgIpc) is 2.97. The molecule has 0 heterocycles. The molecule has 0 saturated heterocycles. The van der Waals surface area contributed by atoms with Crippen molar-refractivity contribution in [3.8, 4) is 0 Å². The summed E-state index contributed by atoms with van der Waals surface area (Å²) in [6.45, 7) is 0. The number of rotatable bonds is 2. The second kappa shape index (κ2) is 3.92. The maximum absolute atomic E-state index is 12.7. The molecule has 1 aromatic rings. The number of aliphatic imine (C=N–C) groups is 1. The highest BCUT2D eigenvalue weighted by Crippen LogP contribution is 2.48. The van der Waals surface area contributed by atoms with Crippen LogP contribution in [0.5, 0.6) is 0 Å². The lowest BCUT2D eigenvalue weighted by atomic mass is 10.1. The molecule has 2 atom stereocenters. The fourth-order valence-electron chi connectivity index (χ4n) is 1.76. The summed E-state index contributed by atoms with van der Waals surface area (Å²) in [4.78, 5) is 14.9. The van der Waals surface area contributed by atoms with Gasteiger partial charge >= 0.3 is 0 Å². The van der Waals surface area contributed by atoms with E-state index in [0.717, 1.165) is 12.0 Å². The molecule has 1 saturated carbocycles. The molecule has 0 aliphatic heterocycles. The van der Waals surface area contributed by atoms with Crippen molar-refractivity contribution in [3.05, 3.63) is 35.6 Å². The van der Waals surface area contributed by atoms with Crippen LogP contribution in [0, 0.1) is 11.7 Å². The molecule has 1 aliphatic rings. The zero-order chi connectivity index (χ0) is 11.7. The van der Waals surface area contributed by atoms with Gasteiger partial charge in [0.25, 0.3) is 5.91 Å². The van der Waals surface area contributed by atoms with Gasteiger partial charge in [-0.1, -0.05) is 12.1 Å². The Bertz CT molecular complexity index is 437. The largest absolute Gasteiger partial charge is 0.370 e. The maximum atomic E-state index is 12.7. The molecule has 5 heteroatoms. The Morgan fingerprint density at radius 1 is 1.31 bits per heavy atom. The van der Waals surface area contributed by atoms with E-state index in [1.807, 2.05) is 0 Å². The zero-order valence-electron chi connectivity index (χ0n) is 8.56. The van der Waals surface area contributed by atoms with Crippen LogP contribution in [0.25, 0.3) is 0 Å². The van der Waals surface area contributed by atoms with Gasteiger partial charge in [0.15, 0.2) is 5.96 Å². The van der Waals surface area contributed by atoms with Crippen molar-refractivity contribution in [2.24, 2.45) is 22.4 Å². The summed E-state index contributed by atoms with van der Waals surface area (Å²) < 4.78 is 12.7. The van der Waals surface area contributed by atoms with Crippen molar-refractivity contribution in [2.75, 3.05) is 0 Å². The van der Waals surface area contributed by atoms with Crippen LogP contribution < -0.4 is 11.5 Å². The molecule has 4 nitrogen and oxygen atoms in total. The molecule has 0 unspecified atom stereocenters. The predicted molar refractivity (Wildman–Crippen MR) is 58.1 cm³/mol. The Morgan fingerprint density at radius 2 is 1.94 bits per heavy atom. The van der Waals surface area contributed by atoms with E-state index in [2.05, 4.69) is 4.99 Å². The predicted octanol–water partition coefficient (Wildman–Crippen LogP) is 0.729. The number of amides is 1. The quantitative estimate of drug-likeness (QED) is 0.570. The van der Waals surface area contributed by atoms with Crippen molar-refractivity contribution in [2.45, 2.75) is 12.3 Å². The summed E-state index contributed by atoms with van der Waals surface area (Å²) >= 11 is 0. The fraction of sp³-hybridized carbons (Fsp3) is 0.273. The lowest BCUT2D eigenvalue weighted by Gasteiger charge is -1.98. The van der Waals surface area contributed by atoms with Crippen LogP contribution in [-0.2, 0) is 4.79 Å². The van der Waals surface area contributed by atoms with E-state index in [0.29, 0.717) is 0 Å². The molecule has 1 aliphatic carbocycles. The molecule has 4 N–H and O–H groups in total. The van der Waals surface area contributed by atoms with Crippen LogP contribution in [0.2, 0.25) is 0 Å². The first kappa shape index (κ1) is 10.6. The molecule has 1 amide bonds. The summed E-state index contributed by atoms with van der Waals surface area (Å²) in [6.07, 6.45) is 0.723. The summed E-state index contributed by atoms with van der Waals surface area (Å²) in [5.41, 5.74) is 11.2. The van der Waals surface area contributed by atoms with Crippen LogP contribution in [0.15, 0.2) is 29.3 Å². The first-order valence-electron chi connectivity index (χ1n) is 4.97. The number of nitrogens with zero attached hydrogens (tertiary/aromatic N) is 1. The van der Waals surface area contributed by atoms with E-state index in [-0.39, 0.29) is 29.5 Å². The summed E-state index contributed by atoms with van der Waals surface area (Å²) in [6, 6.07) is 6.14. The Labute approximate surface area is 92.2 Å². The van der Waals surface area contributed by atoms with Crippen LogP contribution in [-0.4, -0.2) is 11.9 Å². The summed E-state index contributed by atoms with van der Waals surface area (Å²) in [5, 5.41) is 0. The van der Waals surface area contributed by atoms with E-state index in [1.54, 1.807) is 12.1 Å². The van der Waals surface area contributed by atoms with Gasteiger partial charge in [-0.15, -0.1) is 0 Å². The van der Waals surface area contributed by atoms with Gasteiger partial charge in [0.2, 0.25) is 0 Å². The number of carbonyl (C=O) groups excluding carboxylic acids is 1. The van der Waals surface area contributed by atoms with E-state index in [1.165, 1.54) is 12.1 Å². The molecule has 0 radical (unpaired) electrons. The van der Waals surface area contributed by atoms with Gasteiger partial charge in [0.05, 0.1) is 0 Å². The van der Waals surface area contributed by atoms with Crippen molar-refractivity contribution >= 4 is 11.9 Å². The van der Waals surface area contributed by atoms with Gasteiger partial charge < -0.3 is 11.5 Å². The van der Waals surface area contributed by atoms with Gasteiger partial charge in [-0.05, 0) is 30.0 Å². The van der Waals surface area contributed by atoms with E-state index < -0.39 is 0 Å². The lowest BCUT2D eigenvalue weighted by molar-refractivity contribution is -0.119. The Balaban J connectivity index is 2.04.